The molecule has 4 nitrogen and oxygen atoms in total. The predicted octanol–water partition coefficient (Wildman–Crippen LogP) is 2.17. The van der Waals surface area contributed by atoms with Gasteiger partial charge in [-0.1, -0.05) is 0 Å². The van der Waals surface area contributed by atoms with E-state index in [0.29, 0.717) is 18.7 Å². The van der Waals surface area contributed by atoms with E-state index in [0.717, 1.165) is 6.07 Å². The van der Waals surface area contributed by atoms with E-state index in [1.54, 1.807) is 7.11 Å². The van der Waals surface area contributed by atoms with Crippen molar-refractivity contribution in [2.24, 2.45) is 0 Å². The summed E-state index contributed by atoms with van der Waals surface area (Å²) in [5.41, 5.74) is 0.232. The van der Waals surface area contributed by atoms with Crippen molar-refractivity contribution >= 4 is 17.4 Å². The quantitative estimate of drug-likeness (QED) is 0.784. The molecule has 0 saturated heterocycles. The Bertz CT molecular complexity index is 539. The van der Waals surface area contributed by atoms with Crippen molar-refractivity contribution in [3.63, 3.8) is 0 Å². The molecule has 102 valence electrons. The van der Waals surface area contributed by atoms with Gasteiger partial charge in [0.2, 0.25) is 0 Å². The summed E-state index contributed by atoms with van der Waals surface area (Å²) >= 11 is 0. The Hall–Kier alpha value is -1.75. The Morgan fingerprint density at radius 3 is 2.63 bits per heavy atom. The molecule has 0 radical (unpaired) electrons. The van der Waals surface area contributed by atoms with Crippen LogP contribution in [0.2, 0.25) is 0 Å². The first-order valence-corrected chi connectivity index (χ1v) is 6.06. The molecular weight excluding hydrogens is 249 g/mol. The lowest BCUT2D eigenvalue weighted by Gasteiger charge is -2.26. The largest absolute Gasteiger partial charge is 0.379 e. The Morgan fingerprint density at radius 1 is 1.32 bits per heavy atom. The van der Waals surface area contributed by atoms with Crippen LogP contribution in [0.4, 0.5) is 10.1 Å². The SMILES string of the molecule is COC(C)(C)CCN1C(=O)C(=O)c2cc(F)ccc21. The van der Waals surface area contributed by atoms with Gasteiger partial charge in [-0.15, -0.1) is 0 Å². The zero-order valence-corrected chi connectivity index (χ0v) is 11.2. The minimum Gasteiger partial charge on any atom is -0.379 e. The molecule has 1 aliphatic rings. The first kappa shape index (κ1) is 13.7. The molecule has 1 aromatic rings. The number of fused-ring (bicyclic) bond motifs is 1. The molecule has 1 aliphatic heterocycles. The lowest BCUT2D eigenvalue weighted by atomic mass is 10.1. The van der Waals surface area contributed by atoms with Crippen LogP contribution >= 0.6 is 0 Å². The molecule has 0 bridgehead atoms. The van der Waals surface area contributed by atoms with Crippen LogP contribution in [0.3, 0.4) is 0 Å². The van der Waals surface area contributed by atoms with Gasteiger partial charge in [0.1, 0.15) is 5.82 Å². The minimum atomic E-state index is -0.648. The van der Waals surface area contributed by atoms with Crippen LogP contribution in [-0.2, 0) is 9.53 Å². The van der Waals surface area contributed by atoms with Gasteiger partial charge in [0.25, 0.3) is 11.7 Å². The number of Topliss-reactive ketones (excluding diaryl/α,β-unsaturated/α-hetero) is 1. The number of amides is 1. The van der Waals surface area contributed by atoms with Crippen LogP contribution in [0.25, 0.3) is 0 Å². The number of methoxy groups -OCH3 is 1. The molecule has 2 rings (SSSR count). The van der Waals surface area contributed by atoms with Crippen molar-refractivity contribution in [1.29, 1.82) is 0 Å². The number of carbonyl (C=O) groups excluding carboxylic acids is 2. The molecule has 1 heterocycles. The summed E-state index contributed by atoms with van der Waals surface area (Å²) in [5, 5.41) is 0. The minimum absolute atomic E-state index is 0.139. The average molecular weight is 265 g/mol. The summed E-state index contributed by atoms with van der Waals surface area (Å²) < 4.78 is 18.4. The summed E-state index contributed by atoms with van der Waals surface area (Å²) in [6.45, 7) is 4.17. The summed E-state index contributed by atoms with van der Waals surface area (Å²) in [6, 6.07) is 3.82. The summed E-state index contributed by atoms with van der Waals surface area (Å²) in [4.78, 5) is 25.0. The monoisotopic (exact) mass is 265 g/mol. The molecule has 19 heavy (non-hydrogen) atoms. The number of nitrogens with zero attached hydrogens (tertiary/aromatic N) is 1. The van der Waals surface area contributed by atoms with E-state index in [-0.39, 0.29) is 11.2 Å². The normalized spacial score (nSPS) is 15.1. The third-order valence-corrected chi connectivity index (χ3v) is 3.42. The van der Waals surface area contributed by atoms with E-state index in [1.807, 2.05) is 13.8 Å². The number of ether oxygens (including phenoxy) is 1. The van der Waals surface area contributed by atoms with Gasteiger partial charge >= 0.3 is 0 Å². The van der Waals surface area contributed by atoms with Crippen LogP contribution < -0.4 is 4.90 Å². The van der Waals surface area contributed by atoms with E-state index in [1.165, 1.54) is 17.0 Å². The van der Waals surface area contributed by atoms with Crippen LogP contribution in [-0.4, -0.2) is 30.9 Å². The van der Waals surface area contributed by atoms with Crippen molar-refractivity contribution in [3.8, 4) is 0 Å². The highest BCUT2D eigenvalue weighted by Gasteiger charge is 2.36. The van der Waals surface area contributed by atoms with Crippen molar-refractivity contribution in [2.75, 3.05) is 18.6 Å². The van der Waals surface area contributed by atoms with Crippen molar-refractivity contribution in [2.45, 2.75) is 25.9 Å². The van der Waals surface area contributed by atoms with Gasteiger partial charge < -0.3 is 9.64 Å². The Labute approximate surface area is 111 Å². The number of hydrogen-bond acceptors (Lipinski definition) is 3. The summed E-state index contributed by atoms with van der Waals surface area (Å²) in [6.07, 6.45) is 0.583. The van der Waals surface area contributed by atoms with Crippen LogP contribution in [0, 0.1) is 5.82 Å². The van der Waals surface area contributed by atoms with Gasteiger partial charge in [-0.25, -0.2) is 4.39 Å². The third-order valence-electron chi connectivity index (χ3n) is 3.42. The Balaban J connectivity index is 2.24. The second kappa shape index (κ2) is 4.74. The maximum Gasteiger partial charge on any atom is 0.299 e. The van der Waals surface area contributed by atoms with E-state index >= 15 is 0 Å². The maximum atomic E-state index is 13.1. The van der Waals surface area contributed by atoms with Crippen LogP contribution in [0.1, 0.15) is 30.6 Å². The van der Waals surface area contributed by atoms with Crippen molar-refractivity contribution in [1.82, 2.24) is 0 Å². The average Bonchev–Trinajstić information content (AvgIpc) is 2.60. The topological polar surface area (TPSA) is 46.6 Å². The molecule has 1 amide bonds. The van der Waals surface area contributed by atoms with E-state index in [2.05, 4.69) is 0 Å². The zero-order chi connectivity index (χ0) is 14.2. The molecular formula is C14H16FNO3. The summed E-state index contributed by atoms with van der Waals surface area (Å²) in [7, 11) is 1.60. The van der Waals surface area contributed by atoms with Crippen LogP contribution in [0.5, 0.6) is 0 Å². The molecule has 0 unspecified atom stereocenters. The third kappa shape index (κ3) is 2.51. The molecule has 0 atom stereocenters. The van der Waals surface area contributed by atoms with E-state index in [4.69, 9.17) is 4.74 Å². The molecule has 0 fully saturated rings. The molecule has 0 aromatic heterocycles. The highest BCUT2D eigenvalue weighted by atomic mass is 19.1. The molecule has 0 aliphatic carbocycles. The molecule has 5 heteroatoms. The van der Waals surface area contributed by atoms with Gasteiger partial charge in [0.05, 0.1) is 16.9 Å². The second-order valence-electron chi connectivity index (χ2n) is 5.16. The molecule has 0 spiro atoms. The van der Waals surface area contributed by atoms with E-state index < -0.39 is 17.5 Å². The number of benzene rings is 1. The number of ketones is 1. The molecule has 1 aromatic carbocycles. The predicted molar refractivity (Wildman–Crippen MR) is 68.8 cm³/mol. The maximum absolute atomic E-state index is 13.1. The lowest BCUT2D eigenvalue weighted by Crippen LogP contribution is -2.35. The van der Waals surface area contributed by atoms with Crippen LogP contribution in [0.15, 0.2) is 18.2 Å². The van der Waals surface area contributed by atoms with Gasteiger partial charge in [-0.05, 0) is 38.5 Å². The number of anilines is 1. The second-order valence-corrected chi connectivity index (χ2v) is 5.16. The number of hydrogen-bond donors (Lipinski definition) is 0. The number of carbonyl (C=O) groups is 2. The first-order valence-electron chi connectivity index (χ1n) is 6.06. The fourth-order valence-electron chi connectivity index (χ4n) is 1.98. The van der Waals surface area contributed by atoms with Gasteiger partial charge in [0, 0.05) is 13.7 Å². The molecule has 0 N–H and O–H groups in total. The highest BCUT2D eigenvalue weighted by Crippen LogP contribution is 2.30. The lowest BCUT2D eigenvalue weighted by molar-refractivity contribution is -0.114. The summed E-state index contributed by atoms with van der Waals surface area (Å²) in [5.74, 6) is -1.77. The first-order chi connectivity index (χ1) is 8.85. The fourth-order valence-corrected chi connectivity index (χ4v) is 1.98. The van der Waals surface area contributed by atoms with E-state index in [9.17, 15) is 14.0 Å². The van der Waals surface area contributed by atoms with Gasteiger partial charge in [-0.3, -0.25) is 9.59 Å². The fraction of sp³-hybridized carbons (Fsp3) is 0.429. The Morgan fingerprint density at radius 2 is 2.00 bits per heavy atom. The smallest absolute Gasteiger partial charge is 0.299 e. The standard InChI is InChI=1S/C14H16FNO3/c1-14(2,19-3)6-7-16-11-5-4-9(15)8-10(11)12(17)13(16)18/h4-5,8H,6-7H2,1-3H3. The number of halogens is 1. The zero-order valence-electron chi connectivity index (χ0n) is 11.2. The van der Waals surface area contributed by atoms with Crippen molar-refractivity contribution in [3.05, 3.63) is 29.6 Å². The molecule has 0 saturated carbocycles. The van der Waals surface area contributed by atoms with Gasteiger partial charge in [-0.2, -0.15) is 0 Å². The Kier molecular flexibility index (Phi) is 3.41. The van der Waals surface area contributed by atoms with Gasteiger partial charge in [0.15, 0.2) is 0 Å². The highest BCUT2D eigenvalue weighted by molar-refractivity contribution is 6.52. The number of rotatable bonds is 4. The van der Waals surface area contributed by atoms with Crippen molar-refractivity contribution < 1.29 is 18.7 Å².